The minimum Gasteiger partial charge on any atom is -0.439 e. The number of oxazole rings is 1. The van der Waals surface area contributed by atoms with Crippen LogP contribution >= 0.6 is 11.6 Å². The van der Waals surface area contributed by atoms with E-state index in [4.69, 9.17) is 21.1 Å². The summed E-state index contributed by atoms with van der Waals surface area (Å²) in [6.07, 6.45) is 0.900. The van der Waals surface area contributed by atoms with Gasteiger partial charge in [-0.15, -0.1) is 0 Å². The summed E-state index contributed by atoms with van der Waals surface area (Å²) in [6, 6.07) is 3.22. The minimum absolute atomic E-state index is 0.0143. The number of sulfone groups is 1. The molecule has 7 heteroatoms. The maximum Gasteiger partial charge on any atom is 0.200 e. The van der Waals surface area contributed by atoms with Gasteiger partial charge < -0.3 is 9.52 Å². The van der Waals surface area contributed by atoms with Crippen LogP contribution in [0.15, 0.2) is 21.4 Å². The van der Waals surface area contributed by atoms with Crippen LogP contribution in [0.5, 0.6) is 0 Å². The Morgan fingerprint density at radius 1 is 1.35 bits per heavy atom. The van der Waals surface area contributed by atoms with Crippen LogP contribution in [-0.4, -0.2) is 30.4 Å². The Balaban J connectivity index is 2.13. The molecule has 0 amide bonds. The van der Waals surface area contributed by atoms with E-state index in [-0.39, 0.29) is 33.4 Å². The van der Waals surface area contributed by atoms with Crippen LogP contribution in [0.25, 0.3) is 11.1 Å². The summed E-state index contributed by atoms with van der Waals surface area (Å²) < 4.78 is 31.6. The Morgan fingerprint density at radius 2 is 2.00 bits per heavy atom. The normalized spacial score (nSPS) is 22.3. The SMILES string of the molecule is CC(C)(C)c1nc2ccc(Cl)c(S(=O)(=O)[C@H]3C[C@H](CO)C3)c2o1. The first-order valence-corrected chi connectivity index (χ1v) is 9.51. The summed E-state index contributed by atoms with van der Waals surface area (Å²) in [5, 5.41) is 8.74. The van der Waals surface area contributed by atoms with Gasteiger partial charge in [-0.1, -0.05) is 32.4 Å². The average Bonchev–Trinajstić information content (AvgIpc) is 2.80. The molecule has 0 aliphatic heterocycles. The van der Waals surface area contributed by atoms with E-state index < -0.39 is 15.1 Å². The molecule has 23 heavy (non-hydrogen) atoms. The van der Waals surface area contributed by atoms with E-state index in [9.17, 15) is 8.42 Å². The van der Waals surface area contributed by atoms with Gasteiger partial charge in [0.2, 0.25) is 5.89 Å². The number of fused-ring (bicyclic) bond motifs is 1. The Labute approximate surface area is 140 Å². The second-order valence-corrected chi connectivity index (χ2v) is 9.75. The van der Waals surface area contributed by atoms with Gasteiger partial charge >= 0.3 is 0 Å². The van der Waals surface area contributed by atoms with Gasteiger partial charge in [0.05, 0.1) is 10.3 Å². The van der Waals surface area contributed by atoms with E-state index >= 15 is 0 Å². The van der Waals surface area contributed by atoms with Crippen molar-refractivity contribution < 1.29 is 17.9 Å². The molecule has 1 aliphatic carbocycles. The van der Waals surface area contributed by atoms with Crippen LogP contribution in [0, 0.1) is 5.92 Å². The van der Waals surface area contributed by atoms with Crippen molar-refractivity contribution in [3.05, 3.63) is 23.0 Å². The van der Waals surface area contributed by atoms with Crippen molar-refractivity contribution in [3.8, 4) is 0 Å². The summed E-state index contributed by atoms with van der Waals surface area (Å²) in [4.78, 5) is 4.43. The number of nitrogens with zero attached hydrogens (tertiary/aromatic N) is 1. The molecule has 2 aromatic rings. The van der Waals surface area contributed by atoms with Gasteiger partial charge in [-0.2, -0.15) is 0 Å². The highest BCUT2D eigenvalue weighted by Crippen LogP contribution is 2.41. The molecule has 0 spiro atoms. The van der Waals surface area contributed by atoms with E-state index in [1.165, 1.54) is 0 Å². The first-order valence-electron chi connectivity index (χ1n) is 7.59. The molecular weight excluding hydrogens is 338 g/mol. The fraction of sp³-hybridized carbons (Fsp3) is 0.562. The fourth-order valence-electron chi connectivity index (χ4n) is 2.77. The zero-order valence-electron chi connectivity index (χ0n) is 13.3. The monoisotopic (exact) mass is 357 g/mol. The Morgan fingerprint density at radius 3 is 2.57 bits per heavy atom. The van der Waals surface area contributed by atoms with Gasteiger partial charge in [0, 0.05) is 12.0 Å². The number of hydrogen-bond acceptors (Lipinski definition) is 5. The second kappa shape index (κ2) is 5.46. The zero-order chi connectivity index (χ0) is 17.0. The average molecular weight is 358 g/mol. The van der Waals surface area contributed by atoms with Crippen LogP contribution < -0.4 is 0 Å². The van der Waals surface area contributed by atoms with Crippen molar-refractivity contribution in [2.75, 3.05) is 6.61 Å². The summed E-state index contributed by atoms with van der Waals surface area (Å²) in [7, 11) is -3.61. The van der Waals surface area contributed by atoms with E-state index in [1.807, 2.05) is 20.8 Å². The Kier molecular flexibility index (Phi) is 3.98. The van der Waals surface area contributed by atoms with Crippen molar-refractivity contribution in [2.45, 2.75) is 49.2 Å². The molecule has 1 saturated carbocycles. The molecule has 3 rings (SSSR count). The van der Waals surface area contributed by atoms with Crippen molar-refractivity contribution in [1.29, 1.82) is 0 Å². The number of rotatable bonds is 3. The third kappa shape index (κ3) is 2.77. The summed E-state index contributed by atoms with van der Waals surface area (Å²) in [6.45, 7) is 5.86. The quantitative estimate of drug-likeness (QED) is 0.911. The van der Waals surface area contributed by atoms with Gasteiger partial charge in [0.1, 0.15) is 10.4 Å². The molecule has 5 nitrogen and oxygen atoms in total. The maximum absolute atomic E-state index is 12.9. The molecule has 0 unspecified atom stereocenters. The second-order valence-electron chi connectivity index (χ2n) is 7.18. The van der Waals surface area contributed by atoms with Crippen LogP contribution in [0.3, 0.4) is 0 Å². The smallest absolute Gasteiger partial charge is 0.200 e. The number of benzene rings is 1. The molecule has 1 aromatic heterocycles. The van der Waals surface area contributed by atoms with Gasteiger partial charge in [0.15, 0.2) is 15.4 Å². The highest BCUT2D eigenvalue weighted by molar-refractivity contribution is 7.92. The fourth-order valence-corrected chi connectivity index (χ4v) is 5.37. The first-order chi connectivity index (χ1) is 10.6. The van der Waals surface area contributed by atoms with Gasteiger partial charge in [-0.05, 0) is 30.9 Å². The van der Waals surface area contributed by atoms with Crippen LogP contribution in [-0.2, 0) is 15.3 Å². The number of hydrogen-bond donors (Lipinski definition) is 1. The predicted molar refractivity (Wildman–Crippen MR) is 88.5 cm³/mol. The molecule has 1 aliphatic rings. The standard InChI is InChI=1S/C16H20ClNO4S/c1-16(2,3)15-18-12-5-4-11(17)14(13(12)22-15)23(20,21)10-6-9(7-10)8-19/h4-5,9-10,19H,6-8H2,1-3H3/t9-,10-. The lowest BCUT2D eigenvalue weighted by atomic mass is 9.86. The largest absolute Gasteiger partial charge is 0.439 e. The summed E-state index contributed by atoms with van der Waals surface area (Å²) in [5.74, 6) is 0.528. The lowest BCUT2D eigenvalue weighted by Crippen LogP contribution is -2.37. The third-order valence-corrected chi connectivity index (χ3v) is 6.94. The van der Waals surface area contributed by atoms with Crippen molar-refractivity contribution in [3.63, 3.8) is 0 Å². The lowest BCUT2D eigenvalue weighted by molar-refractivity contribution is 0.165. The molecule has 0 saturated heterocycles. The van der Waals surface area contributed by atoms with Crippen molar-refractivity contribution in [1.82, 2.24) is 4.98 Å². The number of aliphatic hydroxyl groups is 1. The molecule has 0 atom stereocenters. The number of aromatic nitrogens is 1. The van der Waals surface area contributed by atoms with Crippen LogP contribution in [0.1, 0.15) is 39.5 Å². The minimum atomic E-state index is -3.61. The highest BCUT2D eigenvalue weighted by Gasteiger charge is 2.41. The van der Waals surface area contributed by atoms with Gasteiger partial charge in [-0.3, -0.25) is 0 Å². The molecule has 1 N–H and O–H groups in total. The van der Waals surface area contributed by atoms with E-state index in [0.717, 1.165) is 0 Å². The topological polar surface area (TPSA) is 80.4 Å². The molecule has 0 radical (unpaired) electrons. The molecular formula is C16H20ClNO4S. The first kappa shape index (κ1) is 16.7. The van der Waals surface area contributed by atoms with Crippen LogP contribution in [0.4, 0.5) is 0 Å². The van der Waals surface area contributed by atoms with Crippen molar-refractivity contribution >= 4 is 32.5 Å². The summed E-state index contributed by atoms with van der Waals surface area (Å²) >= 11 is 6.19. The van der Waals surface area contributed by atoms with Crippen LogP contribution in [0.2, 0.25) is 5.02 Å². The molecule has 1 aromatic carbocycles. The third-order valence-electron chi connectivity index (χ3n) is 4.28. The van der Waals surface area contributed by atoms with Gasteiger partial charge in [-0.25, -0.2) is 13.4 Å². The summed E-state index contributed by atoms with van der Waals surface area (Å²) in [5.41, 5.74) is 0.399. The van der Waals surface area contributed by atoms with Gasteiger partial charge in [0.25, 0.3) is 0 Å². The Bertz CT molecular complexity index is 845. The number of aliphatic hydroxyl groups excluding tert-OH is 1. The molecule has 1 fully saturated rings. The predicted octanol–water partition coefficient (Wildman–Crippen LogP) is 3.32. The molecule has 0 bridgehead atoms. The highest BCUT2D eigenvalue weighted by atomic mass is 35.5. The maximum atomic E-state index is 12.9. The molecule has 126 valence electrons. The molecule has 1 heterocycles. The number of halogens is 1. The van der Waals surface area contributed by atoms with E-state index in [1.54, 1.807) is 12.1 Å². The zero-order valence-corrected chi connectivity index (χ0v) is 14.9. The van der Waals surface area contributed by atoms with Crippen molar-refractivity contribution in [2.24, 2.45) is 5.92 Å². The van der Waals surface area contributed by atoms with E-state index in [0.29, 0.717) is 24.2 Å². The lowest BCUT2D eigenvalue weighted by Gasteiger charge is -2.33. The Hall–Kier alpha value is -1.11. The van der Waals surface area contributed by atoms with E-state index in [2.05, 4.69) is 4.98 Å².